The van der Waals surface area contributed by atoms with Crippen LogP contribution in [0.4, 0.5) is 15.8 Å². The third kappa shape index (κ3) is 5.65. The summed E-state index contributed by atoms with van der Waals surface area (Å²) in [7, 11) is 1.67. The van der Waals surface area contributed by atoms with Crippen LogP contribution in [0, 0.1) is 15.9 Å². The molecule has 9 heteroatoms. The Labute approximate surface area is 179 Å². The van der Waals surface area contributed by atoms with Crippen molar-refractivity contribution in [2.45, 2.75) is 25.7 Å². The molecule has 0 fully saturated rings. The van der Waals surface area contributed by atoms with E-state index >= 15 is 0 Å². The molecular weight excluding hydrogens is 401 g/mol. The summed E-state index contributed by atoms with van der Waals surface area (Å²) in [6.07, 6.45) is 3.39. The molecule has 0 atom stereocenters. The lowest BCUT2D eigenvalue weighted by molar-refractivity contribution is -0.383. The maximum atomic E-state index is 13.3. The lowest BCUT2D eigenvalue weighted by atomic mass is 10.1. The molecule has 8 nitrogen and oxygen atoms in total. The minimum Gasteiger partial charge on any atom is -0.393 e. The van der Waals surface area contributed by atoms with E-state index in [2.05, 4.69) is 10.2 Å². The summed E-state index contributed by atoms with van der Waals surface area (Å²) in [4.78, 5) is 24.5. The average Bonchev–Trinajstić information content (AvgIpc) is 3.22. The van der Waals surface area contributed by atoms with Gasteiger partial charge in [-0.15, -0.1) is 0 Å². The first-order valence-electron chi connectivity index (χ1n) is 9.95. The van der Waals surface area contributed by atoms with Gasteiger partial charge in [-0.2, -0.15) is 5.10 Å². The van der Waals surface area contributed by atoms with Gasteiger partial charge in [-0.25, -0.2) is 4.39 Å². The number of anilines is 1. The van der Waals surface area contributed by atoms with Gasteiger partial charge in [0.2, 0.25) is 0 Å². The van der Waals surface area contributed by atoms with Crippen molar-refractivity contribution in [2.24, 2.45) is 0 Å². The Morgan fingerprint density at radius 1 is 1.19 bits per heavy atom. The van der Waals surface area contributed by atoms with Crippen molar-refractivity contribution in [3.05, 3.63) is 75.7 Å². The van der Waals surface area contributed by atoms with Gasteiger partial charge in [0, 0.05) is 36.5 Å². The van der Waals surface area contributed by atoms with Crippen molar-refractivity contribution in [3.8, 4) is 11.3 Å². The number of halogens is 1. The van der Waals surface area contributed by atoms with Gasteiger partial charge in [0.15, 0.2) is 0 Å². The van der Waals surface area contributed by atoms with Crippen molar-refractivity contribution < 1.29 is 14.1 Å². The molecule has 0 radical (unpaired) electrons. The van der Waals surface area contributed by atoms with Gasteiger partial charge in [-0.1, -0.05) is 18.6 Å². The molecule has 0 saturated heterocycles. The van der Waals surface area contributed by atoms with E-state index in [0.717, 1.165) is 36.9 Å². The fraction of sp³-hybridized carbons (Fsp3) is 0.273. The van der Waals surface area contributed by atoms with Crippen molar-refractivity contribution in [2.75, 3.05) is 19.3 Å². The summed E-state index contributed by atoms with van der Waals surface area (Å²) in [6, 6.07) is 12.3. The number of nitro groups is 1. The largest absolute Gasteiger partial charge is 0.393 e. The van der Waals surface area contributed by atoms with Crippen LogP contribution >= 0.6 is 0 Å². The lowest BCUT2D eigenvalue weighted by Gasteiger charge is -2.17. The topological polar surface area (TPSA) is 118 Å². The van der Waals surface area contributed by atoms with E-state index < -0.39 is 4.92 Å². The van der Waals surface area contributed by atoms with Crippen LogP contribution in [0.25, 0.3) is 11.3 Å². The summed E-state index contributed by atoms with van der Waals surface area (Å²) >= 11 is 0. The smallest absolute Gasteiger partial charge is 0.292 e. The fourth-order valence-electron chi connectivity index (χ4n) is 3.28. The van der Waals surface area contributed by atoms with Crippen LogP contribution in [0.2, 0.25) is 0 Å². The molecule has 0 spiro atoms. The number of aromatic nitrogens is 2. The number of amides is 1. The quantitative estimate of drug-likeness (QED) is 0.231. The van der Waals surface area contributed by atoms with Crippen LogP contribution in [0.1, 0.15) is 35.3 Å². The Morgan fingerprint density at radius 3 is 2.74 bits per heavy atom. The normalized spacial score (nSPS) is 10.8. The van der Waals surface area contributed by atoms with E-state index in [-0.39, 0.29) is 28.7 Å². The van der Waals surface area contributed by atoms with E-state index in [4.69, 9.17) is 5.73 Å². The zero-order valence-corrected chi connectivity index (χ0v) is 17.2. The second-order valence-corrected chi connectivity index (χ2v) is 7.36. The molecule has 0 aliphatic carbocycles. The predicted octanol–water partition coefficient (Wildman–Crippen LogP) is 4.19. The Hall–Kier alpha value is -3.75. The molecule has 1 aromatic heterocycles. The Morgan fingerprint density at radius 2 is 2.00 bits per heavy atom. The summed E-state index contributed by atoms with van der Waals surface area (Å²) in [5, 5.41) is 18.2. The van der Waals surface area contributed by atoms with Crippen LogP contribution in [-0.2, 0) is 6.42 Å². The Bertz CT molecular complexity index is 1080. The summed E-state index contributed by atoms with van der Waals surface area (Å²) in [5.74, 6) is -0.578. The zero-order valence-electron chi connectivity index (χ0n) is 17.2. The standard InChI is InChI=1S/C22H24FN5O3/c1-27(22(29)16-9-10-19(24)21(13-16)28(30)31)11-4-2-3-8-18-14-20(26-25-18)15-6-5-7-17(23)12-15/h5-7,9-10,12-14H,2-4,8,11,24H2,1H3,(H,25,26). The van der Waals surface area contributed by atoms with E-state index in [0.29, 0.717) is 12.2 Å². The number of rotatable bonds is 9. The average molecular weight is 425 g/mol. The maximum Gasteiger partial charge on any atom is 0.292 e. The van der Waals surface area contributed by atoms with E-state index in [9.17, 15) is 19.3 Å². The summed E-state index contributed by atoms with van der Waals surface area (Å²) in [6.45, 7) is 0.536. The highest BCUT2D eigenvalue weighted by Crippen LogP contribution is 2.23. The van der Waals surface area contributed by atoms with Gasteiger partial charge in [-0.3, -0.25) is 20.0 Å². The highest BCUT2D eigenvalue weighted by Gasteiger charge is 2.18. The Balaban J connectivity index is 1.44. The molecule has 162 valence electrons. The molecule has 2 aromatic carbocycles. The molecule has 1 amide bonds. The molecule has 0 saturated carbocycles. The number of carbonyl (C=O) groups is 1. The minimum absolute atomic E-state index is 0.0311. The number of aromatic amines is 1. The van der Waals surface area contributed by atoms with Crippen LogP contribution in [0.15, 0.2) is 48.5 Å². The second kappa shape index (κ2) is 9.84. The van der Waals surface area contributed by atoms with Gasteiger partial charge in [0.05, 0.1) is 10.6 Å². The van der Waals surface area contributed by atoms with Gasteiger partial charge >= 0.3 is 0 Å². The van der Waals surface area contributed by atoms with E-state index in [1.54, 1.807) is 18.0 Å². The molecule has 0 unspecified atom stereocenters. The maximum absolute atomic E-state index is 13.3. The molecular formula is C22H24FN5O3. The molecule has 1 heterocycles. The van der Waals surface area contributed by atoms with Gasteiger partial charge in [-0.05, 0) is 49.6 Å². The predicted molar refractivity (Wildman–Crippen MR) is 116 cm³/mol. The Kier molecular flexibility index (Phi) is 6.96. The van der Waals surface area contributed by atoms with Crippen molar-refractivity contribution in [1.29, 1.82) is 0 Å². The number of nitrogens with one attached hydrogen (secondary N) is 1. The van der Waals surface area contributed by atoms with Gasteiger partial charge in [0.1, 0.15) is 11.5 Å². The zero-order chi connectivity index (χ0) is 22.4. The number of nitrogens with zero attached hydrogens (tertiary/aromatic N) is 3. The van der Waals surface area contributed by atoms with Gasteiger partial charge in [0.25, 0.3) is 11.6 Å². The van der Waals surface area contributed by atoms with Crippen LogP contribution < -0.4 is 5.73 Å². The number of H-pyrrole nitrogens is 1. The van der Waals surface area contributed by atoms with Crippen molar-refractivity contribution >= 4 is 17.3 Å². The number of nitrogens with two attached hydrogens (primary N) is 1. The number of nitro benzene ring substituents is 1. The molecule has 0 aliphatic heterocycles. The van der Waals surface area contributed by atoms with Gasteiger partial charge < -0.3 is 10.6 Å². The summed E-state index contributed by atoms with van der Waals surface area (Å²) < 4.78 is 13.3. The SMILES string of the molecule is CN(CCCCCc1cc(-c2cccc(F)c2)n[nH]1)C(=O)c1ccc(N)c([N+](=O)[O-])c1. The first-order chi connectivity index (χ1) is 14.8. The number of aryl methyl sites for hydroxylation is 1. The monoisotopic (exact) mass is 425 g/mol. The third-order valence-electron chi connectivity index (χ3n) is 5.01. The lowest BCUT2D eigenvalue weighted by Crippen LogP contribution is -2.27. The molecule has 3 N–H and O–H groups in total. The highest BCUT2D eigenvalue weighted by molar-refractivity contribution is 5.95. The van der Waals surface area contributed by atoms with E-state index in [1.807, 2.05) is 12.1 Å². The number of nitrogen functional groups attached to an aromatic ring is 1. The van der Waals surface area contributed by atoms with E-state index in [1.165, 1.54) is 30.3 Å². The number of unbranched alkanes of at least 4 members (excludes halogenated alkanes) is 2. The molecule has 31 heavy (non-hydrogen) atoms. The molecule has 3 rings (SSSR count). The minimum atomic E-state index is -0.596. The number of carbonyl (C=O) groups excluding carboxylic acids is 1. The third-order valence-corrected chi connectivity index (χ3v) is 5.01. The van der Waals surface area contributed by atoms with Crippen LogP contribution in [0.3, 0.4) is 0 Å². The number of benzene rings is 2. The number of hydrogen-bond donors (Lipinski definition) is 2. The number of hydrogen-bond acceptors (Lipinski definition) is 5. The van der Waals surface area contributed by atoms with Crippen LogP contribution in [-0.4, -0.2) is 39.5 Å². The molecule has 3 aromatic rings. The second-order valence-electron chi connectivity index (χ2n) is 7.36. The van der Waals surface area contributed by atoms with Crippen molar-refractivity contribution in [3.63, 3.8) is 0 Å². The first kappa shape index (κ1) is 21.9. The fourth-order valence-corrected chi connectivity index (χ4v) is 3.28. The summed E-state index contributed by atoms with van der Waals surface area (Å²) in [5.41, 5.74) is 7.99. The molecule has 0 aliphatic rings. The molecule has 0 bridgehead atoms. The van der Waals surface area contributed by atoms with Crippen molar-refractivity contribution in [1.82, 2.24) is 15.1 Å². The highest BCUT2D eigenvalue weighted by atomic mass is 19.1. The van der Waals surface area contributed by atoms with Crippen LogP contribution in [0.5, 0.6) is 0 Å². The first-order valence-corrected chi connectivity index (χ1v) is 9.95.